The first-order valence-corrected chi connectivity index (χ1v) is 11.8. The van der Waals surface area contributed by atoms with E-state index in [0.29, 0.717) is 29.6 Å². The van der Waals surface area contributed by atoms with Crippen molar-refractivity contribution in [2.75, 3.05) is 13.1 Å². The molecule has 0 saturated carbocycles. The van der Waals surface area contributed by atoms with Crippen LogP contribution in [0, 0.1) is 5.82 Å². The zero-order chi connectivity index (χ0) is 21.7. The van der Waals surface area contributed by atoms with Crippen molar-refractivity contribution < 1.29 is 17.6 Å². The summed E-state index contributed by atoms with van der Waals surface area (Å²) in [6.45, 7) is 5.43. The van der Waals surface area contributed by atoms with Gasteiger partial charge in [0.25, 0.3) is 0 Å². The third kappa shape index (κ3) is 4.90. The number of hydrogen-bond acceptors (Lipinski definition) is 3. The molecule has 7 heteroatoms. The number of sulfone groups is 1. The van der Waals surface area contributed by atoms with Gasteiger partial charge in [0.1, 0.15) is 12.4 Å². The van der Waals surface area contributed by atoms with Gasteiger partial charge in [0.15, 0.2) is 9.84 Å². The fraction of sp³-hybridized carbons (Fsp3) is 0.348. The first-order valence-electron chi connectivity index (χ1n) is 10.2. The minimum atomic E-state index is -3.68. The molecule has 0 fully saturated rings. The van der Waals surface area contributed by atoms with Gasteiger partial charge in [-0.25, -0.2) is 12.8 Å². The number of fused-ring (bicyclic) bond motifs is 1. The molecule has 0 saturated heterocycles. The van der Waals surface area contributed by atoms with Gasteiger partial charge in [0, 0.05) is 30.2 Å². The number of likely N-dealkylation sites (N-methyl/N-ethyl adjacent to an activating group) is 1. The number of para-hydroxylation sites is 1. The lowest BCUT2D eigenvalue weighted by Gasteiger charge is -2.21. The smallest absolute Gasteiger partial charge is 0.242 e. The normalized spacial score (nSPS) is 11.7. The van der Waals surface area contributed by atoms with Gasteiger partial charge in [-0.3, -0.25) is 4.79 Å². The number of benzene rings is 2. The van der Waals surface area contributed by atoms with Crippen LogP contribution in [-0.2, 0) is 26.9 Å². The van der Waals surface area contributed by atoms with Crippen molar-refractivity contribution in [1.82, 2.24) is 9.47 Å². The number of rotatable bonds is 9. The number of carbonyl (C=O) groups is 1. The van der Waals surface area contributed by atoms with E-state index in [4.69, 9.17) is 0 Å². The summed E-state index contributed by atoms with van der Waals surface area (Å²) in [7, 11) is -3.68. The first kappa shape index (κ1) is 22.0. The van der Waals surface area contributed by atoms with E-state index in [1.807, 2.05) is 19.1 Å². The Morgan fingerprint density at radius 2 is 1.77 bits per heavy atom. The lowest BCUT2D eigenvalue weighted by atomic mass is 10.2. The lowest BCUT2D eigenvalue weighted by Crippen LogP contribution is -2.34. The zero-order valence-corrected chi connectivity index (χ0v) is 18.2. The lowest BCUT2D eigenvalue weighted by molar-refractivity contribution is -0.131. The highest BCUT2D eigenvalue weighted by Crippen LogP contribution is 2.28. The molecule has 0 aliphatic carbocycles. The van der Waals surface area contributed by atoms with Gasteiger partial charge in [-0.05, 0) is 37.1 Å². The molecule has 160 valence electrons. The average molecular weight is 431 g/mol. The number of hydrogen-bond donors (Lipinski definition) is 0. The van der Waals surface area contributed by atoms with Crippen LogP contribution in [0.25, 0.3) is 10.9 Å². The molecule has 1 amide bonds. The Labute approximate surface area is 177 Å². The van der Waals surface area contributed by atoms with Gasteiger partial charge in [0.2, 0.25) is 5.91 Å². The monoisotopic (exact) mass is 430 g/mol. The molecule has 2 aromatic carbocycles. The van der Waals surface area contributed by atoms with E-state index in [9.17, 15) is 17.6 Å². The molecule has 0 radical (unpaired) electrons. The Hall–Kier alpha value is -2.67. The van der Waals surface area contributed by atoms with Gasteiger partial charge < -0.3 is 9.47 Å². The van der Waals surface area contributed by atoms with Crippen LogP contribution in [0.1, 0.15) is 32.3 Å². The van der Waals surface area contributed by atoms with E-state index in [1.165, 1.54) is 24.3 Å². The molecule has 1 aromatic heterocycles. The van der Waals surface area contributed by atoms with Crippen molar-refractivity contribution in [2.45, 2.75) is 43.9 Å². The van der Waals surface area contributed by atoms with Crippen molar-refractivity contribution in [1.29, 1.82) is 0 Å². The number of halogens is 1. The fourth-order valence-corrected chi connectivity index (χ4v) is 5.11. The third-order valence-corrected chi connectivity index (χ3v) is 6.89. The van der Waals surface area contributed by atoms with Crippen LogP contribution in [0.15, 0.2) is 59.6 Å². The Kier molecular flexibility index (Phi) is 6.92. The molecule has 0 atom stereocenters. The molecule has 30 heavy (non-hydrogen) atoms. The minimum Gasteiger partial charge on any atom is -0.341 e. The van der Waals surface area contributed by atoms with E-state index in [-0.39, 0.29) is 23.1 Å². The number of unbranched alkanes of at least 4 members (excludes halogenated alkanes) is 1. The largest absolute Gasteiger partial charge is 0.341 e. The Morgan fingerprint density at radius 1 is 1.07 bits per heavy atom. The van der Waals surface area contributed by atoms with E-state index in [1.54, 1.807) is 27.8 Å². The molecule has 5 nitrogen and oxygen atoms in total. The molecule has 0 bridgehead atoms. The second kappa shape index (κ2) is 9.43. The molecule has 3 rings (SSSR count). The molecule has 0 N–H and O–H groups in total. The quantitative estimate of drug-likeness (QED) is 0.505. The zero-order valence-electron chi connectivity index (χ0n) is 17.3. The van der Waals surface area contributed by atoms with Crippen LogP contribution in [0.5, 0.6) is 0 Å². The van der Waals surface area contributed by atoms with Gasteiger partial charge in [-0.1, -0.05) is 43.7 Å². The molecular formula is C23H27FN2O3S. The standard InChI is InChI=1S/C23H27FN2O3S/c1-3-5-14-25(4-2)23(27)16-26-15-22(20-8-6-7-9-21(20)26)30(28,29)17-18-10-12-19(24)13-11-18/h6-13,15H,3-5,14,16-17H2,1-2H3. The fourth-order valence-electron chi connectivity index (χ4n) is 3.52. The maximum absolute atomic E-state index is 13.2. The van der Waals surface area contributed by atoms with Crippen LogP contribution < -0.4 is 0 Å². The Bertz CT molecular complexity index is 1120. The second-order valence-electron chi connectivity index (χ2n) is 7.35. The Morgan fingerprint density at radius 3 is 2.43 bits per heavy atom. The van der Waals surface area contributed by atoms with Crippen molar-refractivity contribution in [3.8, 4) is 0 Å². The van der Waals surface area contributed by atoms with Crippen LogP contribution in [0.4, 0.5) is 4.39 Å². The highest BCUT2D eigenvalue weighted by atomic mass is 32.2. The SMILES string of the molecule is CCCCN(CC)C(=O)Cn1cc(S(=O)(=O)Cc2ccc(F)cc2)c2ccccc21. The number of amides is 1. The van der Waals surface area contributed by atoms with Crippen LogP contribution >= 0.6 is 0 Å². The van der Waals surface area contributed by atoms with Gasteiger partial charge >= 0.3 is 0 Å². The summed E-state index contributed by atoms with van der Waals surface area (Å²) in [6.07, 6.45) is 3.49. The van der Waals surface area contributed by atoms with E-state index in [2.05, 4.69) is 6.92 Å². The Balaban J connectivity index is 1.93. The maximum atomic E-state index is 13.2. The summed E-state index contributed by atoms with van der Waals surface area (Å²) < 4.78 is 41.1. The number of aromatic nitrogens is 1. The molecule has 0 aliphatic heterocycles. The summed E-state index contributed by atoms with van der Waals surface area (Å²) in [6, 6.07) is 12.6. The summed E-state index contributed by atoms with van der Waals surface area (Å²) >= 11 is 0. The highest BCUT2D eigenvalue weighted by molar-refractivity contribution is 7.90. The van der Waals surface area contributed by atoms with Crippen LogP contribution in [0.2, 0.25) is 0 Å². The van der Waals surface area contributed by atoms with Gasteiger partial charge in [-0.2, -0.15) is 0 Å². The predicted octanol–water partition coefficient (Wildman–Crippen LogP) is 4.40. The maximum Gasteiger partial charge on any atom is 0.242 e. The number of carbonyl (C=O) groups excluding carboxylic acids is 1. The van der Waals surface area contributed by atoms with Crippen molar-refractivity contribution in [3.63, 3.8) is 0 Å². The van der Waals surface area contributed by atoms with Crippen LogP contribution in [-0.4, -0.2) is 36.9 Å². The molecule has 1 heterocycles. The topological polar surface area (TPSA) is 59.4 Å². The highest BCUT2D eigenvalue weighted by Gasteiger charge is 2.23. The van der Waals surface area contributed by atoms with Gasteiger partial charge in [0.05, 0.1) is 10.6 Å². The molecule has 3 aromatic rings. The van der Waals surface area contributed by atoms with Crippen molar-refractivity contribution >= 4 is 26.6 Å². The van der Waals surface area contributed by atoms with Gasteiger partial charge in [-0.15, -0.1) is 0 Å². The van der Waals surface area contributed by atoms with Crippen molar-refractivity contribution in [2.24, 2.45) is 0 Å². The molecule has 0 aliphatic rings. The first-order chi connectivity index (χ1) is 14.4. The number of nitrogens with zero attached hydrogens (tertiary/aromatic N) is 2. The van der Waals surface area contributed by atoms with E-state index in [0.717, 1.165) is 12.8 Å². The second-order valence-corrected chi connectivity index (χ2v) is 9.31. The summed E-state index contributed by atoms with van der Waals surface area (Å²) in [5, 5.41) is 0.587. The van der Waals surface area contributed by atoms with E-state index < -0.39 is 15.7 Å². The van der Waals surface area contributed by atoms with Crippen LogP contribution in [0.3, 0.4) is 0 Å². The van der Waals surface area contributed by atoms with Crippen molar-refractivity contribution in [3.05, 3.63) is 66.1 Å². The summed E-state index contributed by atoms with van der Waals surface area (Å²) in [5.41, 5.74) is 1.22. The third-order valence-electron chi connectivity index (χ3n) is 5.18. The predicted molar refractivity (Wildman–Crippen MR) is 116 cm³/mol. The summed E-state index contributed by atoms with van der Waals surface area (Å²) in [5.74, 6) is -0.670. The molecule has 0 spiro atoms. The summed E-state index contributed by atoms with van der Waals surface area (Å²) in [4.78, 5) is 14.8. The average Bonchev–Trinajstić information content (AvgIpc) is 3.10. The minimum absolute atomic E-state index is 0.0332. The van der Waals surface area contributed by atoms with E-state index >= 15 is 0 Å². The molecule has 0 unspecified atom stereocenters. The molecular weight excluding hydrogens is 403 g/mol.